The average molecular weight is 611 g/mol. The van der Waals surface area contributed by atoms with Gasteiger partial charge in [0.05, 0.1) is 36.8 Å². The number of aliphatic hydroxyl groups is 1. The molecule has 4 rings (SSSR count). The molecule has 224 valence electrons. The zero-order valence-electron chi connectivity index (χ0n) is 23.6. The van der Waals surface area contributed by atoms with Crippen LogP contribution in [0.15, 0.2) is 45.2 Å². The Labute approximate surface area is 239 Å². The van der Waals surface area contributed by atoms with Crippen molar-refractivity contribution >= 4 is 31.6 Å². The second-order valence-corrected chi connectivity index (χ2v) is 13.8. The molecule has 16 heteroatoms. The number of carbonyl (C=O) groups is 1. The lowest BCUT2D eigenvalue weighted by Crippen LogP contribution is -2.50. The number of hydrogen-bond acceptors (Lipinski definition) is 10. The van der Waals surface area contributed by atoms with Gasteiger partial charge in [0.2, 0.25) is 10.0 Å². The van der Waals surface area contributed by atoms with Crippen LogP contribution in [0.5, 0.6) is 5.75 Å². The van der Waals surface area contributed by atoms with Gasteiger partial charge < -0.3 is 23.8 Å². The number of sulfonamides is 2. The van der Waals surface area contributed by atoms with Gasteiger partial charge in [0.15, 0.2) is 16.5 Å². The molecule has 0 radical (unpaired) electrons. The van der Waals surface area contributed by atoms with Gasteiger partial charge in [-0.15, -0.1) is 0 Å². The summed E-state index contributed by atoms with van der Waals surface area (Å²) in [6.07, 6.45) is 1.83. The Balaban J connectivity index is 1.78. The molecule has 3 aromatic rings. The van der Waals surface area contributed by atoms with Gasteiger partial charge in [-0.3, -0.25) is 9.52 Å². The molecule has 14 nitrogen and oxygen atoms in total. The number of rotatable bonds is 9. The molecule has 2 aromatic heterocycles. The van der Waals surface area contributed by atoms with Crippen molar-refractivity contribution in [2.45, 2.75) is 49.8 Å². The van der Waals surface area contributed by atoms with E-state index in [1.807, 2.05) is 0 Å². The van der Waals surface area contributed by atoms with Crippen molar-refractivity contribution in [3.63, 3.8) is 0 Å². The van der Waals surface area contributed by atoms with E-state index in [0.29, 0.717) is 0 Å². The van der Waals surface area contributed by atoms with E-state index in [1.165, 1.54) is 61.1 Å². The third-order valence-corrected chi connectivity index (χ3v) is 10.3. The molecule has 3 heterocycles. The Kier molecular flexibility index (Phi) is 8.50. The predicted molar refractivity (Wildman–Crippen MR) is 147 cm³/mol. The monoisotopic (exact) mass is 610 g/mol. The van der Waals surface area contributed by atoms with Crippen LogP contribution in [-0.2, 0) is 27.1 Å². The Bertz CT molecular complexity index is 1630. The fourth-order valence-corrected chi connectivity index (χ4v) is 7.13. The fourth-order valence-electron chi connectivity index (χ4n) is 4.62. The number of benzene rings is 1. The van der Waals surface area contributed by atoms with E-state index in [-0.39, 0.29) is 58.1 Å². The molecule has 1 aliphatic heterocycles. The first-order valence-electron chi connectivity index (χ1n) is 12.8. The minimum Gasteiger partial charge on any atom is -0.486 e. The minimum atomic E-state index is -4.17. The Morgan fingerprint density at radius 3 is 2.54 bits per heavy atom. The van der Waals surface area contributed by atoms with Gasteiger partial charge in [0, 0.05) is 32.8 Å². The molecule has 0 saturated heterocycles. The second kappa shape index (κ2) is 11.4. The maximum absolute atomic E-state index is 13.7. The highest BCUT2D eigenvalue weighted by atomic mass is 32.2. The Morgan fingerprint density at radius 2 is 1.95 bits per heavy atom. The van der Waals surface area contributed by atoms with Crippen LogP contribution < -0.4 is 9.46 Å². The van der Waals surface area contributed by atoms with Crippen LogP contribution in [0.1, 0.15) is 35.7 Å². The Morgan fingerprint density at radius 1 is 1.24 bits per heavy atom. The lowest BCUT2D eigenvalue weighted by Gasteiger charge is -2.38. The predicted octanol–water partition coefficient (Wildman–Crippen LogP) is 1.37. The van der Waals surface area contributed by atoms with E-state index in [0.717, 1.165) is 4.31 Å². The van der Waals surface area contributed by atoms with E-state index >= 15 is 0 Å². The Hall–Kier alpha value is -3.47. The number of likely N-dealkylation sites (N-methyl/N-ethyl adjacent to an activating group) is 1. The molecule has 2 N–H and O–H groups in total. The van der Waals surface area contributed by atoms with Crippen LogP contribution in [0, 0.1) is 19.8 Å². The summed E-state index contributed by atoms with van der Waals surface area (Å²) in [5, 5.41) is 13.4. The molecular formula is C25H34N6O8S2. The number of imidazole rings is 1. The number of aryl methyl sites for hydroxylation is 3. The van der Waals surface area contributed by atoms with Crippen LogP contribution in [0.3, 0.4) is 0 Å². The summed E-state index contributed by atoms with van der Waals surface area (Å²) in [6, 6.07) is 3.87. The number of amides is 1. The molecule has 3 atom stereocenters. The summed E-state index contributed by atoms with van der Waals surface area (Å²) in [5.74, 6) is -0.829. The standard InChI is InChI=1S/C25H34N6O8S2/c1-15-10-31(16(2)13-32)25(33)19-8-7-9-20(28-40(34,35)22-12-29(5)14-26-22)23(19)38-21(15)11-30(6)41(36,37)24-17(3)27-39-18(24)4/h7-9,12,14-16,21,28,32H,10-11,13H2,1-6H3/t15-,16+,21+/m1/s1. The first kappa shape index (κ1) is 30.5. The number of aromatic nitrogens is 3. The number of ether oxygens (including phenoxy) is 1. The number of aliphatic hydroxyl groups excluding tert-OH is 1. The van der Waals surface area contributed by atoms with E-state index in [2.05, 4.69) is 14.9 Å². The molecule has 0 saturated carbocycles. The second-order valence-electron chi connectivity index (χ2n) is 10.2. The average Bonchev–Trinajstić information content (AvgIpc) is 3.50. The van der Waals surface area contributed by atoms with Crippen molar-refractivity contribution in [2.24, 2.45) is 13.0 Å². The van der Waals surface area contributed by atoms with E-state index < -0.39 is 44.0 Å². The van der Waals surface area contributed by atoms with Crippen molar-refractivity contribution in [1.29, 1.82) is 0 Å². The molecule has 1 amide bonds. The third kappa shape index (κ3) is 5.95. The molecule has 41 heavy (non-hydrogen) atoms. The van der Waals surface area contributed by atoms with E-state index in [1.54, 1.807) is 20.9 Å². The smallest absolute Gasteiger partial charge is 0.281 e. The van der Waals surface area contributed by atoms with E-state index in [4.69, 9.17) is 9.26 Å². The number of carbonyl (C=O) groups excluding carboxylic acids is 1. The summed E-state index contributed by atoms with van der Waals surface area (Å²) >= 11 is 0. The number of fused-ring (bicyclic) bond motifs is 1. The van der Waals surface area contributed by atoms with Crippen LogP contribution in [0.4, 0.5) is 5.69 Å². The van der Waals surface area contributed by atoms with Crippen molar-refractivity contribution < 1.29 is 36.0 Å². The van der Waals surface area contributed by atoms with Crippen LogP contribution >= 0.6 is 0 Å². The van der Waals surface area contributed by atoms with Gasteiger partial charge in [-0.05, 0) is 32.9 Å². The molecule has 0 fully saturated rings. The zero-order valence-corrected chi connectivity index (χ0v) is 25.2. The highest BCUT2D eigenvalue weighted by Gasteiger charge is 2.37. The molecule has 0 spiro atoms. The van der Waals surface area contributed by atoms with Gasteiger partial charge in [0.25, 0.3) is 15.9 Å². The molecule has 0 aliphatic carbocycles. The highest BCUT2D eigenvalue weighted by Crippen LogP contribution is 2.36. The first-order chi connectivity index (χ1) is 19.2. The van der Waals surface area contributed by atoms with Crippen LogP contribution in [0.2, 0.25) is 0 Å². The van der Waals surface area contributed by atoms with Gasteiger partial charge in [0.1, 0.15) is 16.7 Å². The van der Waals surface area contributed by atoms with Crippen molar-refractivity contribution in [2.75, 3.05) is 31.5 Å². The largest absolute Gasteiger partial charge is 0.486 e. The summed E-state index contributed by atoms with van der Waals surface area (Å²) in [5.41, 5.74) is 0.249. The summed E-state index contributed by atoms with van der Waals surface area (Å²) in [7, 11) is -5.19. The number of nitrogens with one attached hydrogen (secondary N) is 1. The molecular weight excluding hydrogens is 576 g/mol. The van der Waals surface area contributed by atoms with Crippen LogP contribution in [0.25, 0.3) is 0 Å². The third-order valence-electron chi connectivity index (χ3n) is 6.97. The van der Waals surface area contributed by atoms with Crippen LogP contribution in [-0.4, -0.2) is 90.7 Å². The van der Waals surface area contributed by atoms with Crippen molar-refractivity contribution in [3.05, 3.63) is 47.7 Å². The van der Waals surface area contributed by atoms with Gasteiger partial charge >= 0.3 is 0 Å². The minimum absolute atomic E-state index is 0.0200. The number of para-hydroxylation sites is 1. The topological polar surface area (TPSA) is 177 Å². The summed E-state index contributed by atoms with van der Waals surface area (Å²) < 4.78 is 69.7. The quantitative estimate of drug-likeness (QED) is 0.360. The lowest BCUT2D eigenvalue weighted by molar-refractivity contribution is 0.0389. The van der Waals surface area contributed by atoms with Gasteiger partial charge in [-0.1, -0.05) is 18.1 Å². The number of anilines is 1. The van der Waals surface area contributed by atoms with Crippen molar-refractivity contribution in [1.82, 2.24) is 23.9 Å². The summed E-state index contributed by atoms with van der Waals surface area (Å²) in [4.78, 5) is 19.0. The maximum Gasteiger partial charge on any atom is 0.281 e. The SMILES string of the molecule is Cc1noc(C)c1S(=O)(=O)N(C)C[C@@H]1Oc2c(NS(=O)(=O)c3cn(C)cn3)cccc2C(=O)N([C@@H](C)CO)C[C@H]1C. The van der Waals surface area contributed by atoms with E-state index in [9.17, 15) is 26.7 Å². The fraction of sp³-hybridized carbons (Fsp3) is 0.480. The normalized spacial score (nSPS) is 18.9. The van der Waals surface area contributed by atoms with Gasteiger partial charge in [-0.25, -0.2) is 13.4 Å². The highest BCUT2D eigenvalue weighted by molar-refractivity contribution is 7.92. The number of hydrogen-bond donors (Lipinski definition) is 2. The molecule has 0 unspecified atom stereocenters. The summed E-state index contributed by atoms with van der Waals surface area (Å²) in [6.45, 7) is 6.19. The lowest BCUT2D eigenvalue weighted by atomic mass is 9.99. The van der Waals surface area contributed by atoms with Crippen molar-refractivity contribution in [3.8, 4) is 5.75 Å². The molecule has 1 aliphatic rings. The zero-order chi connectivity index (χ0) is 30.3. The van der Waals surface area contributed by atoms with Gasteiger partial charge in [-0.2, -0.15) is 12.7 Å². The number of nitrogens with zero attached hydrogens (tertiary/aromatic N) is 5. The molecule has 0 bridgehead atoms. The maximum atomic E-state index is 13.7. The molecule has 1 aromatic carbocycles. The first-order valence-corrected chi connectivity index (χ1v) is 15.7.